The highest BCUT2D eigenvalue weighted by atomic mass is 19.4. The normalized spacial score (nSPS) is 17.9. The monoisotopic (exact) mass is 334 g/mol. The van der Waals surface area contributed by atoms with E-state index in [1.165, 1.54) is 0 Å². The van der Waals surface area contributed by atoms with Crippen LogP contribution in [0.15, 0.2) is 18.2 Å². The van der Waals surface area contributed by atoms with E-state index in [2.05, 4.69) is 5.32 Å². The molecule has 0 bridgehead atoms. The van der Waals surface area contributed by atoms with Crippen molar-refractivity contribution in [1.29, 1.82) is 0 Å². The van der Waals surface area contributed by atoms with E-state index in [4.69, 9.17) is 10.5 Å². The molecule has 1 aromatic rings. The Bertz CT molecular complexity index is 557. The number of primary amides is 1. The number of alkyl halides is 3. The van der Waals surface area contributed by atoms with Crippen LogP contribution in [0.3, 0.4) is 0 Å². The SMILES string of the molecule is NC(=O)C(CNC1CCOCC1)c1ccc(C(F)(F)F)c(F)c1. The standard InChI is InChI=1S/C15H18F4N2O2/c16-13-7-9(1-2-12(13)15(17,18)19)11(14(20)22)8-21-10-3-5-23-6-4-10/h1-2,7,10-11,21H,3-6,8H2,(H2,20,22). The van der Waals surface area contributed by atoms with E-state index in [-0.39, 0.29) is 18.2 Å². The molecule has 23 heavy (non-hydrogen) atoms. The van der Waals surface area contributed by atoms with Gasteiger partial charge in [0.1, 0.15) is 5.82 Å². The molecule has 0 saturated carbocycles. The van der Waals surface area contributed by atoms with Gasteiger partial charge in [0.2, 0.25) is 5.91 Å². The van der Waals surface area contributed by atoms with Crippen molar-refractivity contribution < 1.29 is 27.1 Å². The lowest BCUT2D eigenvalue weighted by molar-refractivity contribution is -0.140. The maximum Gasteiger partial charge on any atom is 0.419 e. The molecule has 1 unspecified atom stereocenters. The van der Waals surface area contributed by atoms with Crippen molar-refractivity contribution in [3.05, 3.63) is 35.1 Å². The second-order valence-corrected chi connectivity index (χ2v) is 5.49. The number of benzene rings is 1. The van der Waals surface area contributed by atoms with Gasteiger partial charge in [0.25, 0.3) is 0 Å². The Morgan fingerprint density at radius 2 is 2.00 bits per heavy atom. The van der Waals surface area contributed by atoms with Crippen LogP contribution in [0.4, 0.5) is 17.6 Å². The molecule has 1 saturated heterocycles. The molecule has 0 spiro atoms. The predicted molar refractivity (Wildman–Crippen MR) is 75.2 cm³/mol. The van der Waals surface area contributed by atoms with Gasteiger partial charge in [-0.05, 0) is 30.5 Å². The van der Waals surface area contributed by atoms with Crippen molar-refractivity contribution in [2.75, 3.05) is 19.8 Å². The molecule has 4 nitrogen and oxygen atoms in total. The fourth-order valence-corrected chi connectivity index (χ4v) is 2.55. The van der Waals surface area contributed by atoms with E-state index < -0.39 is 29.4 Å². The first-order chi connectivity index (χ1) is 10.8. The number of halogens is 4. The van der Waals surface area contributed by atoms with E-state index in [9.17, 15) is 22.4 Å². The quantitative estimate of drug-likeness (QED) is 0.811. The van der Waals surface area contributed by atoms with Crippen LogP contribution in [0.2, 0.25) is 0 Å². The Balaban J connectivity index is 2.11. The molecule has 1 amide bonds. The molecule has 1 aliphatic rings. The molecule has 1 heterocycles. The number of nitrogens with two attached hydrogens (primary N) is 1. The number of nitrogens with one attached hydrogen (secondary N) is 1. The molecule has 128 valence electrons. The van der Waals surface area contributed by atoms with Crippen LogP contribution in [0.25, 0.3) is 0 Å². The van der Waals surface area contributed by atoms with Crippen molar-refractivity contribution in [2.45, 2.75) is 31.0 Å². The van der Waals surface area contributed by atoms with Crippen LogP contribution in [-0.2, 0) is 15.7 Å². The van der Waals surface area contributed by atoms with Crippen LogP contribution >= 0.6 is 0 Å². The molecule has 8 heteroatoms. The Morgan fingerprint density at radius 1 is 1.35 bits per heavy atom. The smallest absolute Gasteiger partial charge is 0.381 e. The molecule has 3 N–H and O–H groups in total. The van der Waals surface area contributed by atoms with E-state index in [1.807, 2.05) is 0 Å². The summed E-state index contributed by atoms with van der Waals surface area (Å²) in [6.07, 6.45) is -3.23. The number of hydrogen-bond acceptors (Lipinski definition) is 3. The summed E-state index contributed by atoms with van der Waals surface area (Å²) in [4.78, 5) is 11.6. The van der Waals surface area contributed by atoms with Gasteiger partial charge in [0.05, 0.1) is 11.5 Å². The van der Waals surface area contributed by atoms with E-state index in [0.29, 0.717) is 19.3 Å². The average Bonchev–Trinajstić information content (AvgIpc) is 2.47. The van der Waals surface area contributed by atoms with Gasteiger partial charge in [-0.3, -0.25) is 4.79 Å². The van der Waals surface area contributed by atoms with Gasteiger partial charge >= 0.3 is 6.18 Å². The first-order valence-electron chi connectivity index (χ1n) is 7.26. The van der Waals surface area contributed by atoms with Crippen molar-refractivity contribution in [3.63, 3.8) is 0 Å². The summed E-state index contributed by atoms with van der Waals surface area (Å²) in [5.74, 6) is -3.02. The maximum atomic E-state index is 13.7. The minimum Gasteiger partial charge on any atom is -0.381 e. The van der Waals surface area contributed by atoms with Gasteiger partial charge in [-0.2, -0.15) is 13.2 Å². The highest BCUT2D eigenvalue weighted by Gasteiger charge is 2.34. The number of rotatable bonds is 5. The summed E-state index contributed by atoms with van der Waals surface area (Å²) in [6, 6.07) is 2.59. The third-order valence-electron chi connectivity index (χ3n) is 3.88. The molecule has 2 rings (SSSR count). The zero-order valence-electron chi connectivity index (χ0n) is 12.3. The lowest BCUT2D eigenvalue weighted by Gasteiger charge is -2.25. The number of carbonyl (C=O) groups excluding carboxylic acids is 1. The lowest BCUT2D eigenvalue weighted by Crippen LogP contribution is -2.40. The molecule has 1 aliphatic heterocycles. The van der Waals surface area contributed by atoms with Gasteiger partial charge < -0.3 is 15.8 Å². The maximum absolute atomic E-state index is 13.7. The highest BCUT2D eigenvalue weighted by Crippen LogP contribution is 2.32. The van der Waals surface area contributed by atoms with Gasteiger partial charge in [-0.1, -0.05) is 6.07 Å². The Kier molecular flexibility index (Phi) is 5.59. The summed E-state index contributed by atoms with van der Waals surface area (Å²) in [5, 5.41) is 3.14. The average molecular weight is 334 g/mol. The lowest BCUT2D eigenvalue weighted by atomic mass is 9.96. The fourth-order valence-electron chi connectivity index (χ4n) is 2.55. The summed E-state index contributed by atoms with van der Waals surface area (Å²) < 4.78 is 56.6. The summed E-state index contributed by atoms with van der Waals surface area (Å²) >= 11 is 0. The van der Waals surface area contributed by atoms with Crippen molar-refractivity contribution >= 4 is 5.91 Å². The summed E-state index contributed by atoms with van der Waals surface area (Å²) in [7, 11) is 0. The van der Waals surface area contributed by atoms with E-state index in [1.54, 1.807) is 0 Å². The van der Waals surface area contributed by atoms with Crippen LogP contribution < -0.4 is 11.1 Å². The van der Waals surface area contributed by atoms with Gasteiger partial charge in [-0.15, -0.1) is 0 Å². The third-order valence-corrected chi connectivity index (χ3v) is 3.88. The van der Waals surface area contributed by atoms with Crippen LogP contribution in [0.1, 0.15) is 29.9 Å². The Morgan fingerprint density at radius 3 is 2.52 bits per heavy atom. The largest absolute Gasteiger partial charge is 0.419 e. The molecule has 0 aliphatic carbocycles. The molecule has 1 fully saturated rings. The minimum absolute atomic E-state index is 0.127. The van der Waals surface area contributed by atoms with Crippen molar-refractivity contribution in [1.82, 2.24) is 5.32 Å². The van der Waals surface area contributed by atoms with Crippen LogP contribution in [-0.4, -0.2) is 31.7 Å². The Hall–Kier alpha value is -1.67. The molecular weight excluding hydrogens is 316 g/mol. The minimum atomic E-state index is -4.77. The van der Waals surface area contributed by atoms with Crippen molar-refractivity contribution in [2.24, 2.45) is 5.73 Å². The molecule has 1 aromatic carbocycles. The second kappa shape index (κ2) is 7.27. The molecule has 1 atom stereocenters. The van der Waals surface area contributed by atoms with E-state index in [0.717, 1.165) is 25.0 Å². The number of hydrogen-bond donors (Lipinski definition) is 2. The zero-order valence-corrected chi connectivity index (χ0v) is 12.3. The zero-order chi connectivity index (χ0) is 17.0. The second-order valence-electron chi connectivity index (χ2n) is 5.49. The highest BCUT2D eigenvalue weighted by molar-refractivity contribution is 5.82. The van der Waals surface area contributed by atoms with Crippen LogP contribution in [0.5, 0.6) is 0 Å². The van der Waals surface area contributed by atoms with Crippen LogP contribution in [0, 0.1) is 5.82 Å². The van der Waals surface area contributed by atoms with Gasteiger partial charge in [0.15, 0.2) is 0 Å². The predicted octanol–water partition coefficient (Wildman–Crippen LogP) is 2.18. The summed E-state index contributed by atoms with van der Waals surface area (Å²) in [6.45, 7) is 1.35. The fraction of sp³-hybridized carbons (Fsp3) is 0.533. The topological polar surface area (TPSA) is 64.4 Å². The van der Waals surface area contributed by atoms with Gasteiger partial charge in [0, 0.05) is 25.8 Å². The first kappa shape index (κ1) is 17.7. The third kappa shape index (κ3) is 4.65. The number of carbonyl (C=O) groups is 1. The number of ether oxygens (including phenoxy) is 1. The summed E-state index contributed by atoms with van der Waals surface area (Å²) in [5.41, 5.74) is 4.08. The first-order valence-corrected chi connectivity index (χ1v) is 7.26. The molecule has 0 radical (unpaired) electrons. The van der Waals surface area contributed by atoms with Crippen molar-refractivity contribution in [3.8, 4) is 0 Å². The van der Waals surface area contributed by atoms with E-state index >= 15 is 0 Å². The Labute approximate surface area is 131 Å². The molecular formula is C15H18F4N2O2. The van der Waals surface area contributed by atoms with Gasteiger partial charge in [-0.25, -0.2) is 4.39 Å². The molecule has 0 aromatic heterocycles. The number of amides is 1.